The van der Waals surface area contributed by atoms with E-state index in [1.54, 1.807) is 18.2 Å². The molecule has 1 atom stereocenters. The summed E-state index contributed by atoms with van der Waals surface area (Å²) in [5.74, 6) is 0.448. The number of amides is 2. The minimum atomic E-state index is -0.545. The SMILES string of the molecule is COc1ccc(N2C(=O)C[C@H](Sc3nc(C)cc(C)n3)C2=O)cc1OC. The second-order valence-electron chi connectivity index (χ2n) is 5.85. The summed E-state index contributed by atoms with van der Waals surface area (Å²) in [7, 11) is 3.03. The van der Waals surface area contributed by atoms with Crippen molar-refractivity contribution < 1.29 is 19.1 Å². The summed E-state index contributed by atoms with van der Waals surface area (Å²) in [4.78, 5) is 35.1. The molecule has 0 spiro atoms. The minimum Gasteiger partial charge on any atom is -0.493 e. The molecule has 0 saturated carbocycles. The van der Waals surface area contributed by atoms with E-state index in [4.69, 9.17) is 9.47 Å². The first-order valence-electron chi connectivity index (χ1n) is 8.00. The summed E-state index contributed by atoms with van der Waals surface area (Å²) in [6.45, 7) is 3.74. The van der Waals surface area contributed by atoms with Gasteiger partial charge in [-0.05, 0) is 32.0 Å². The quantitative estimate of drug-likeness (QED) is 0.588. The summed E-state index contributed by atoms with van der Waals surface area (Å²) < 4.78 is 10.5. The van der Waals surface area contributed by atoms with E-state index in [2.05, 4.69) is 9.97 Å². The van der Waals surface area contributed by atoms with E-state index in [1.807, 2.05) is 19.9 Å². The fourth-order valence-electron chi connectivity index (χ4n) is 2.80. The van der Waals surface area contributed by atoms with Crippen LogP contribution in [-0.4, -0.2) is 41.3 Å². The van der Waals surface area contributed by atoms with E-state index in [9.17, 15) is 9.59 Å². The molecule has 1 aromatic heterocycles. The zero-order valence-corrected chi connectivity index (χ0v) is 15.8. The fourth-order valence-corrected chi connectivity index (χ4v) is 3.88. The summed E-state index contributed by atoms with van der Waals surface area (Å²) in [6, 6.07) is 6.82. The smallest absolute Gasteiger partial charge is 0.247 e. The van der Waals surface area contributed by atoms with Gasteiger partial charge >= 0.3 is 0 Å². The van der Waals surface area contributed by atoms with Crippen molar-refractivity contribution in [1.82, 2.24) is 9.97 Å². The van der Waals surface area contributed by atoms with Crippen LogP contribution in [0.3, 0.4) is 0 Å². The first-order valence-corrected chi connectivity index (χ1v) is 8.88. The lowest BCUT2D eigenvalue weighted by Crippen LogP contribution is -2.31. The molecule has 136 valence electrons. The monoisotopic (exact) mass is 373 g/mol. The van der Waals surface area contributed by atoms with E-state index in [0.717, 1.165) is 11.4 Å². The third-order valence-corrected chi connectivity index (χ3v) is 4.99. The molecule has 3 rings (SSSR count). The van der Waals surface area contributed by atoms with Gasteiger partial charge in [-0.3, -0.25) is 9.59 Å². The van der Waals surface area contributed by atoms with Crippen LogP contribution in [0.25, 0.3) is 0 Å². The Morgan fingerprint density at radius 3 is 2.31 bits per heavy atom. The number of imide groups is 1. The Kier molecular flexibility index (Phi) is 5.13. The van der Waals surface area contributed by atoms with Gasteiger partial charge in [-0.15, -0.1) is 0 Å². The molecule has 7 nitrogen and oxygen atoms in total. The Morgan fingerprint density at radius 1 is 1.04 bits per heavy atom. The fraction of sp³-hybridized carbons (Fsp3) is 0.333. The molecule has 0 N–H and O–H groups in total. The van der Waals surface area contributed by atoms with Crippen molar-refractivity contribution in [2.24, 2.45) is 0 Å². The van der Waals surface area contributed by atoms with Crippen LogP contribution in [0, 0.1) is 13.8 Å². The van der Waals surface area contributed by atoms with Gasteiger partial charge < -0.3 is 9.47 Å². The molecule has 0 radical (unpaired) electrons. The van der Waals surface area contributed by atoms with E-state index in [1.165, 1.54) is 30.9 Å². The highest BCUT2D eigenvalue weighted by atomic mass is 32.2. The van der Waals surface area contributed by atoms with Gasteiger partial charge in [-0.25, -0.2) is 14.9 Å². The van der Waals surface area contributed by atoms with Gasteiger partial charge in [-0.1, -0.05) is 11.8 Å². The molecule has 1 fully saturated rings. The second kappa shape index (κ2) is 7.33. The number of nitrogens with zero attached hydrogens (tertiary/aromatic N) is 3. The summed E-state index contributed by atoms with van der Waals surface area (Å²) in [5.41, 5.74) is 2.11. The lowest BCUT2D eigenvalue weighted by Gasteiger charge is -2.17. The lowest BCUT2D eigenvalue weighted by atomic mass is 10.2. The molecule has 1 aliphatic heterocycles. The maximum Gasteiger partial charge on any atom is 0.247 e. The van der Waals surface area contributed by atoms with Crippen LogP contribution < -0.4 is 14.4 Å². The number of aryl methyl sites for hydroxylation is 2. The number of methoxy groups -OCH3 is 2. The number of ether oxygens (including phenoxy) is 2. The summed E-state index contributed by atoms with van der Waals surface area (Å²) in [5, 5.41) is -0.0420. The van der Waals surface area contributed by atoms with Gasteiger partial charge in [0.1, 0.15) is 5.25 Å². The highest BCUT2D eigenvalue weighted by molar-refractivity contribution is 8.00. The molecular formula is C18H19N3O4S. The Hall–Kier alpha value is -2.61. The van der Waals surface area contributed by atoms with Gasteiger partial charge in [-0.2, -0.15) is 0 Å². The minimum absolute atomic E-state index is 0.105. The second-order valence-corrected chi connectivity index (χ2v) is 7.02. The molecule has 0 aliphatic carbocycles. The zero-order chi connectivity index (χ0) is 18.8. The first-order chi connectivity index (χ1) is 12.4. The van der Waals surface area contributed by atoms with E-state index in [-0.39, 0.29) is 18.2 Å². The number of hydrogen-bond donors (Lipinski definition) is 0. The average Bonchev–Trinajstić information content (AvgIpc) is 2.87. The van der Waals surface area contributed by atoms with Crippen molar-refractivity contribution in [3.05, 3.63) is 35.7 Å². The molecular weight excluding hydrogens is 354 g/mol. The van der Waals surface area contributed by atoms with Crippen LogP contribution in [0.1, 0.15) is 17.8 Å². The summed E-state index contributed by atoms with van der Waals surface area (Å²) >= 11 is 1.22. The summed E-state index contributed by atoms with van der Waals surface area (Å²) in [6.07, 6.45) is 0.105. The van der Waals surface area contributed by atoms with Gasteiger partial charge in [0.15, 0.2) is 16.7 Å². The number of benzene rings is 1. The van der Waals surface area contributed by atoms with Crippen molar-refractivity contribution in [3.63, 3.8) is 0 Å². The highest BCUT2D eigenvalue weighted by Crippen LogP contribution is 2.36. The maximum atomic E-state index is 12.8. The van der Waals surface area contributed by atoms with E-state index >= 15 is 0 Å². The van der Waals surface area contributed by atoms with Crippen LogP contribution in [0.4, 0.5) is 5.69 Å². The molecule has 2 aromatic rings. The number of hydrogen-bond acceptors (Lipinski definition) is 7. The van der Waals surface area contributed by atoms with Crippen molar-refractivity contribution in [1.29, 1.82) is 0 Å². The van der Waals surface area contributed by atoms with Crippen molar-refractivity contribution >= 4 is 29.3 Å². The number of carbonyl (C=O) groups is 2. The molecule has 1 aliphatic rings. The van der Waals surface area contributed by atoms with Crippen molar-refractivity contribution in [3.8, 4) is 11.5 Å². The van der Waals surface area contributed by atoms with Crippen molar-refractivity contribution in [2.75, 3.05) is 19.1 Å². The normalized spacial score (nSPS) is 16.9. The number of carbonyl (C=O) groups excluding carboxylic acids is 2. The first kappa shape index (κ1) is 18.2. The van der Waals surface area contributed by atoms with Gasteiger partial charge in [0.25, 0.3) is 0 Å². The Balaban J connectivity index is 1.85. The Labute approximate surface area is 155 Å². The third kappa shape index (κ3) is 3.50. The number of thioether (sulfide) groups is 1. The number of aromatic nitrogens is 2. The average molecular weight is 373 g/mol. The third-order valence-electron chi connectivity index (χ3n) is 3.94. The Morgan fingerprint density at radius 2 is 1.69 bits per heavy atom. The predicted octanol–water partition coefficient (Wildman–Crippen LogP) is 2.53. The van der Waals surface area contributed by atoms with Crippen molar-refractivity contribution in [2.45, 2.75) is 30.7 Å². The van der Waals surface area contributed by atoms with Crippen LogP contribution in [0.2, 0.25) is 0 Å². The van der Waals surface area contributed by atoms with Gasteiger partial charge in [0.05, 0.1) is 19.9 Å². The molecule has 8 heteroatoms. The standard InChI is InChI=1S/C18H19N3O4S/c1-10-7-11(2)20-18(19-10)26-15-9-16(22)21(17(15)23)12-5-6-13(24-3)14(8-12)25-4/h5-8,15H,9H2,1-4H3/t15-/m0/s1. The predicted molar refractivity (Wildman–Crippen MR) is 97.8 cm³/mol. The largest absolute Gasteiger partial charge is 0.493 e. The van der Waals surface area contributed by atoms with Crippen LogP contribution in [0.5, 0.6) is 11.5 Å². The van der Waals surface area contributed by atoms with Gasteiger partial charge in [0.2, 0.25) is 11.8 Å². The molecule has 0 unspecified atom stereocenters. The highest BCUT2D eigenvalue weighted by Gasteiger charge is 2.41. The zero-order valence-electron chi connectivity index (χ0n) is 15.0. The Bertz CT molecular complexity index is 851. The maximum absolute atomic E-state index is 12.8. The lowest BCUT2D eigenvalue weighted by molar-refractivity contribution is -0.121. The molecule has 0 bridgehead atoms. The molecule has 2 amide bonds. The molecule has 1 saturated heterocycles. The van der Waals surface area contributed by atoms with E-state index in [0.29, 0.717) is 22.3 Å². The topological polar surface area (TPSA) is 81.6 Å². The molecule has 26 heavy (non-hydrogen) atoms. The van der Waals surface area contributed by atoms with E-state index < -0.39 is 5.25 Å². The van der Waals surface area contributed by atoms with Crippen LogP contribution >= 0.6 is 11.8 Å². The number of anilines is 1. The molecule has 2 heterocycles. The number of rotatable bonds is 5. The van der Waals surface area contributed by atoms with Crippen LogP contribution in [-0.2, 0) is 9.59 Å². The van der Waals surface area contributed by atoms with Crippen LogP contribution in [0.15, 0.2) is 29.4 Å². The molecule has 1 aromatic carbocycles. The van der Waals surface area contributed by atoms with Gasteiger partial charge in [0, 0.05) is 23.9 Å².